The lowest BCUT2D eigenvalue weighted by atomic mass is 9.69. The van der Waals surface area contributed by atoms with Crippen molar-refractivity contribution in [1.29, 1.82) is 0 Å². The molecule has 0 saturated carbocycles. The monoisotopic (exact) mass is 334 g/mol. The van der Waals surface area contributed by atoms with Crippen molar-refractivity contribution in [3.8, 4) is 17.2 Å². The fourth-order valence-corrected chi connectivity index (χ4v) is 3.88. The van der Waals surface area contributed by atoms with E-state index in [1.54, 1.807) is 20.3 Å². The van der Waals surface area contributed by atoms with Gasteiger partial charge in [-0.1, -0.05) is 0 Å². The van der Waals surface area contributed by atoms with E-state index in [4.69, 9.17) is 23.7 Å². The molecule has 6 nitrogen and oxygen atoms in total. The van der Waals surface area contributed by atoms with Gasteiger partial charge in [0.05, 0.1) is 33.3 Å². The maximum Gasteiger partial charge on any atom is 0.234 e. The summed E-state index contributed by atoms with van der Waals surface area (Å²) in [5, 5.41) is 0. The minimum atomic E-state index is -1.18. The number of hydrogen-bond donors (Lipinski definition) is 0. The molecule has 0 spiro atoms. The molecule has 3 rings (SSSR count). The molecule has 2 aliphatic rings. The van der Waals surface area contributed by atoms with Crippen LogP contribution in [-0.2, 0) is 19.7 Å². The quantitative estimate of drug-likeness (QED) is 0.843. The second-order valence-corrected chi connectivity index (χ2v) is 6.15. The Labute approximate surface area is 141 Å². The predicted molar refractivity (Wildman–Crippen MR) is 86.7 cm³/mol. The van der Waals surface area contributed by atoms with E-state index in [1.165, 1.54) is 20.3 Å². The highest BCUT2D eigenvalue weighted by molar-refractivity contribution is 5.93. The van der Waals surface area contributed by atoms with E-state index in [2.05, 4.69) is 0 Å². The van der Waals surface area contributed by atoms with Crippen molar-refractivity contribution in [2.45, 2.75) is 31.5 Å². The average molecular weight is 334 g/mol. The van der Waals surface area contributed by atoms with E-state index >= 15 is 0 Å². The van der Waals surface area contributed by atoms with Gasteiger partial charge in [-0.2, -0.15) is 0 Å². The molecule has 1 aliphatic carbocycles. The van der Waals surface area contributed by atoms with Gasteiger partial charge in [0, 0.05) is 24.8 Å². The molecule has 1 heterocycles. The lowest BCUT2D eigenvalue weighted by molar-refractivity contribution is -0.199. The van der Waals surface area contributed by atoms with Crippen LogP contribution >= 0.6 is 0 Å². The van der Waals surface area contributed by atoms with Gasteiger partial charge >= 0.3 is 0 Å². The van der Waals surface area contributed by atoms with Gasteiger partial charge < -0.3 is 23.7 Å². The molecule has 0 saturated heterocycles. The van der Waals surface area contributed by atoms with Crippen LogP contribution < -0.4 is 14.2 Å². The number of allylic oxidation sites excluding steroid dienone is 1. The molecule has 0 N–H and O–H groups in total. The molecule has 2 unspecified atom stereocenters. The molecular formula is C18H22O6. The van der Waals surface area contributed by atoms with E-state index < -0.39 is 11.2 Å². The van der Waals surface area contributed by atoms with E-state index in [-0.39, 0.29) is 12.2 Å². The summed E-state index contributed by atoms with van der Waals surface area (Å²) in [6.45, 7) is 3.86. The highest BCUT2D eigenvalue weighted by Gasteiger charge is 2.65. The third-order valence-corrected chi connectivity index (χ3v) is 5.15. The summed E-state index contributed by atoms with van der Waals surface area (Å²) < 4.78 is 28.6. The van der Waals surface area contributed by atoms with Crippen LogP contribution in [0.3, 0.4) is 0 Å². The molecule has 1 aromatic rings. The summed E-state index contributed by atoms with van der Waals surface area (Å²) in [7, 11) is 6.26. The second-order valence-electron chi connectivity index (χ2n) is 6.15. The molecule has 0 amide bonds. The first-order chi connectivity index (χ1) is 11.4. The third kappa shape index (κ3) is 1.83. The highest BCUT2D eigenvalue weighted by Crippen LogP contribution is 2.61. The summed E-state index contributed by atoms with van der Waals surface area (Å²) in [5.74, 6) is 1.05. The SMILES string of the molecule is COC1=CC(=O)CC2(OC)Oc3cc(OC)c(C)c(OC)c3C12C. The Morgan fingerprint density at radius 3 is 2.38 bits per heavy atom. The Balaban J connectivity index is 2.37. The zero-order chi connectivity index (χ0) is 17.7. The second kappa shape index (κ2) is 5.41. The number of carbonyl (C=O) groups excluding carboxylic acids is 1. The van der Waals surface area contributed by atoms with Gasteiger partial charge in [-0.25, -0.2) is 0 Å². The van der Waals surface area contributed by atoms with Gasteiger partial charge in [-0.3, -0.25) is 4.79 Å². The van der Waals surface area contributed by atoms with Crippen molar-refractivity contribution in [3.63, 3.8) is 0 Å². The fraction of sp³-hybridized carbons (Fsp3) is 0.500. The summed E-state index contributed by atoms with van der Waals surface area (Å²) in [6, 6.07) is 1.80. The fourth-order valence-electron chi connectivity index (χ4n) is 3.88. The van der Waals surface area contributed by atoms with Gasteiger partial charge in [-0.15, -0.1) is 0 Å². The van der Waals surface area contributed by atoms with Crippen LogP contribution in [-0.4, -0.2) is 40.0 Å². The Hall–Kier alpha value is -2.21. The lowest BCUT2D eigenvalue weighted by Gasteiger charge is -2.43. The largest absolute Gasteiger partial charge is 0.500 e. The topological polar surface area (TPSA) is 63.2 Å². The number of ketones is 1. The first-order valence-corrected chi connectivity index (χ1v) is 7.67. The minimum Gasteiger partial charge on any atom is -0.500 e. The number of ether oxygens (including phenoxy) is 5. The maximum absolute atomic E-state index is 12.2. The van der Waals surface area contributed by atoms with Crippen LogP contribution in [0.15, 0.2) is 17.9 Å². The zero-order valence-corrected chi connectivity index (χ0v) is 14.8. The molecule has 0 fully saturated rings. The van der Waals surface area contributed by atoms with E-state index in [0.29, 0.717) is 23.0 Å². The van der Waals surface area contributed by atoms with E-state index in [1.807, 2.05) is 13.8 Å². The molecule has 1 aromatic carbocycles. The maximum atomic E-state index is 12.2. The van der Waals surface area contributed by atoms with Crippen LogP contribution in [0.5, 0.6) is 17.2 Å². The van der Waals surface area contributed by atoms with Gasteiger partial charge in [0.25, 0.3) is 0 Å². The van der Waals surface area contributed by atoms with E-state index in [9.17, 15) is 4.79 Å². The van der Waals surface area contributed by atoms with Gasteiger partial charge in [0.2, 0.25) is 5.79 Å². The van der Waals surface area contributed by atoms with E-state index in [0.717, 1.165) is 11.1 Å². The third-order valence-electron chi connectivity index (χ3n) is 5.15. The Morgan fingerprint density at radius 2 is 1.83 bits per heavy atom. The van der Waals surface area contributed by atoms with Crippen molar-refractivity contribution in [3.05, 3.63) is 29.0 Å². The number of benzene rings is 1. The molecule has 2 atom stereocenters. The highest BCUT2D eigenvalue weighted by atomic mass is 16.7. The smallest absolute Gasteiger partial charge is 0.234 e. The molecular weight excluding hydrogens is 312 g/mol. The molecule has 1 aliphatic heterocycles. The first-order valence-electron chi connectivity index (χ1n) is 7.67. The number of methoxy groups -OCH3 is 4. The van der Waals surface area contributed by atoms with Crippen molar-refractivity contribution in [2.24, 2.45) is 0 Å². The average Bonchev–Trinajstić information content (AvgIpc) is 2.83. The Morgan fingerprint density at radius 1 is 1.12 bits per heavy atom. The molecule has 0 bridgehead atoms. The number of fused-ring (bicyclic) bond motifs is 3. The van der Waals surface area contributed by atoms with Gasteiger partial charge in [0.1, 0.15) is 28.4 Å². The van der Waals surface area contributed by atoms with Crippen LogP contribution in [0.25, 0.3) is 0 Å². The molecule has 0 radical (unpaired) electrons. The molecule has 0 aromatic heterocycles. The zero-order valence-electron chi connectivity index (χ0n) is 14.8. The van der Waals surface area contributed by atoms with Crippen LogP contribution in [0, 0.1) is 6.92 Å². The van der Waals surface area contributed by atoms with Gasteiger partial charge in [0.15, 0.2) is 5.78 Å². The van der Waals surface area contributed by atoms with Crippen molar-refractivity contribution < 1.29 is 28.5 Å². The summed E-state index contributed by atoms with van der Waals surface area (Å²) in [6.07, 6.45) is 1.60. The number of rotatable bonds is 4. The van der Waals surface area contributed by atoms with Crippen molar-refractivity contribution >= 4 is 5.78 Å². The number of hydrogen-bond acceptors (Lipinski definition) is 6. The summed E-state index contributed by atoms with van der Waals surface area (Å²) >= 11 is 0. The van der Waals surface area contributed by atoms with Crippen LogP contribution in [0.1, 0.15) is 24.5 Å². The van der Waals surface area contributed by atoms with Crippen molar-refractivity contribution in [2.75, 3.05) is 28.4 Å². The van der Waals surface area contributed by atoms with Crippen LogP contribution in [0.4, 0.5) is 0 Å². The lowest BCUT2D eigenvalue weighted by Crippen LogP contribution is -2.56. The number of carbonyl (C=O) groups is 1. The Kier molecular flexibility index (Phi) is 3.75. The predicted octanol–water partition coefficient (Wildman–Crippen LogP) is 2.51. The van der Waals surface area contributed by atoms with Gasteiger partial charge in [-0.05, 0) is 13.8 Å². The summed E-state index contributed by atoms with van der Waals surface area (Å²) in [5.41, 5.74) is 0.829. The summed E-state index contributed by atoms with van der Waals surface area (Å²) in [4.78, 5) is 12.2. The Bertz CT molecular complexity index is 738. The molecule has 130 valence electrons. The normalized spacial score (nSPS) is 27.8. The minimum absolute atomic E-state index is 0.0893. The van der Waals surface area contributed by atoms with Crippen molar-refractivity contribution in [1.82, 2.24) is 0 Å². The molecule has 6 heteroatoms. The molecule has 24 heavy (non-hydrogen) atoms. The first kappa shape index (κ1) is 16.6. The van der Waals surface area contributed by atoms with Crippen LogP contribution in [0.2, 0.25) is 0 Å². The standard InChI is InChI=1S/C18H22O6/c1-10-12(20-3)8-13-15(16(10)22-5)17(2)14(21-4)7-11(19)9-18(17,23-6)24-13/h7-8H,9H2,1-6H3.